The maximum absolute atomic E-state index is 13.8. The van der Waals surface area contributed by atoms with Crippen LogP contribution in [0, 0.1) is 11.6 Å². The van der Waals surface area contributed by atoms with Crippen molar-refractivity contribution in [3.63, 3.8) is 0 Å². The van der Waals surface area contributed by atoms with Gasteiger partial charge in [-0.1, -0.05) is 12.1 Å². The molecule has 0 fully saturated rings. The number of nitrogens with zero attached hydrogens (tertiary/aromatic N) is 1. The summed E-state index contributed by atoms with van der Waals surface area (Å²) in [6, 6.07) is 9.07. The van der Waals surface area contributed by atoms with Crippen LogP contribution in [0.15, 0.2) is 41.4 Å². The number of fused-ring (bicyclic) bond motifs is 1. The molecule has 0 spiro atoms. The maximum atomic E-state index is 13.8. The van der Waals surface area contributed by atoms with E-state index in [2.05, 4.69) is 15.6 Å². The zero-order valence-corrected chi connectivity index (χ0v) is 17.3. The maximum Gasteiger partial charge on any atom is 0.191 e. The monoisotopic (exact) mass is 489 g/mol. The Morgan fingerprint density at radius 2 is 1.89 bits per heavy atom. The number of ether oxygens (including phenoxy) is 2. The molecule has 5 nitrogen and oxygen atoms in total. The molecular formula is C19H22F2IN3O2. The molecule has 0 aliphatic carbocycles. The first-order valence-corrected chi connectivity index (χ1v) is 8.44. The van der Waals surface area contributed by atoms with Gasteiger partial charge in [0.1, 0.15) is 17.4 Å². The molecule has 0 bridgehead atoms. The van der Waals surface area contributed by atoms with Gasteiger partial charge in [0.15, 0.2) is 12.8 Å². The van der Waals surface area contributed by atoms with Gasteiger partial charge in [-0.15, -0.1) is 24.0 Å². The highest BCUT2D eigenvalue weighted by molar-refractivity contribution is 14.0. The van der Waals surface area contributed by atoms with Crippen LogP contribution in [0.1, 0.15) is 23.6 Å². The first-order chi connectivity index (χ1) is 12.7. The Labute approximate surface area is 174 Å². The topological polar surface area (TPSA) is 54.9 Å². The normalized spacial score (nSPS) is 13.2. The van der Waals surface area contributed by atoms with Crippen LogP contribution in [0.2, 0.25) is 0 Å². The van der Waals surface area contributed by atoms with Crippen molar-refractivity contribution in [2.45, 2.75) is 26.6 Å². The molecule has 0 atom stereocenters. The number of guanidine groups is 1. The van der Waals surface area contributed by atoms with Crippen molar-refractivity contribution in [1.82, 2.24) is 10.6 Å². The smallest absolute Gasteiger partial charge is 0.191 e. The van der Waals surface area contributed by atoms with Crippen molar-refractivity contribution in [2.24, 2.45) is 4.99 Å². The first kappa shape index (κ1) is 21.4. The van der Waals surface area contributed by atoms with E-state index in [1.165, 1.54) is 24.3 Å². The fourth-order valence-corrected chi connectivity index (χ4v) is 2.67. The number of halogens is 3. The van der Waals surface area contributed by atoms with Crippen LogP contribution in [0.4, 0.5) is 8.78 Å². The van der Waals surface area contributed by atoms with E-state index >= 15 is 0 Å². The zero-order chi connectivity index (χ0) is 18.4. The molecule has 0 radical (unpaired) electrons. The average Bonchev–Trinajstić information content (AvgIpc) is 2.65. The van der Waals surface area contributed by atoms with Crippen LogP contribution in [0.25, 0.3) is 0 Å². The molecule has 146 valence electrons. The van der Waals surface area contributed by atoms with Crippen LogP contribution in [0.5, 0.6) is 5.75 Å². The van der Waals surface area contributed by atoms with Gasteiger partial charge in [-0.2, -0.15) is 0 Å². The first-order valence-electron chi connectivity index (χ1n) is 8.44. The third kappa shape index (κ3) is 6.03. The molecule has 2 N–H and O–H groups in total. The Bertz CT molecular complexity index is 785. The summed E-state index contributed by atoms with van der Waals surface area (Å²) in [5.41, 5.74) is 2.30. The summed E-state index contributed by atoms with van der Waals surface area (Å²) in [7, 11) is 0. The van der Waals surface area contributed by atoms with E-state index in [-0.39, 0.29) is 42.4 Å². The van der Waals surface area contributed by atoms with Gasteiger partial charge >= 0.3 is 0 Å². The molecule has 2 aromatic rings. The lowest BCUT2D eigenvalue weighted by Gasteiger charge is -2.21. The van der Waals surface area contributed by atoms with Gasteiger partial charge in [0.2, 0.25) is 0 Å². The van der Waals surface area contributed by atoms with Crippen molar-refractivity contribution in [1.29, 1.82) is 0 Å². The molecule has 0 unspecified atom stereocenters. The van der Waals surface area contributed by atoms with Crippen molar-refractivity contribution in [3.05, 3.63) is 64.7 Å². The lowest BCUT2D eigenvalue weighted by Crippen LogP contribution is -2.37. The molecular weight excluding hydrogens is 467 g/mol. The molecule has 0 saturated heterocycles. The van der Waals surface area contributed by atoms with Crippen molar-refractivity contribution < 1.29 is 18.3 Å². The van der Waals surface area contributed by atoms with Gasteiger partial charge in [0.05, 0.1) is 13.2 Å². The number of rotatable bonds is 5. The summed E-state index contributed by atoms with van der Waals surface area (Å²) < 4.78 is 37.5. The second-order valence-electron chi connectivity index (χ2n) is 5.84. The number of aliphatic imine (C=N–C) groups is 1. The fraction of sp³-hybridized carbons (Fsp3) is 0.316. The van der Waals surface area contributed by atoms with E-state index in [0.29, 0.717) is 49.1 Å². The van der Waals surface area contributed by atoms with Crippen LogP contribution in [-0.4, -0.2) is 19.3 Å². The summed E-state index contributed by atoms with van der Waals surface area (Å²) in [6.07, 6.45) is 0. The summed E-state index contributed by atoms with van der Waals surface area (Å²) >= 11 is 0. The van der Waals surface area contributed by atoms with Gasteiger partial charge in [-0.05, 0) is 36.8 Å². The summed E-state index contributed by atoms with van der Waals surface area (Å²) in [5, 5.41) is 6.31. The molecule has 0 saturated carbocycles. The van der Waals surface area contributed by atoms with E-state index < -0.39 is 0 Å². The van der Waals surface area contributed by atoms with Crippen molar-refractivity contribution in [3.8, 4) is 5.75 Å². The molecule has 1 aliphatic rings. The molecule has 0 amide bonds. The van der Waals surface area contributed by atoms with E-state index in [4.69, 9.17) is 9.47 Å². The Morgan fingerprint density at radius 1 is 1.11 bits per heavy atom. The number of hydrogen-bond donors (Lipinski definition) is 2. The highest BCUT2D eigenvalue weighted by atomic mass is 127. The second-order valence-corrected chi connectivity index (χ2v) is 5.84. The largest absolute Gasteiger partial charge is 0.467 e. The molecule has 2 aromatic carbocycles. The lowest BCUT2D eigenvalue weighted by molar-refractivity contribution is -0.0172. The zero-order valence-electron chi connectivity index (χ0n) is 14.9. The molecule has 8 heteroatoms. The average molecular weight is 489 g/mol. The molecule has 1 heterocycles. The van der Waals surface area contributed by atoms with Gasteiger partial charge in [0, 0.05) is 24.2 Å². The van der Waals surface area contributed by atoms with Crippen molar-refractivity contribution >= 4 is 29.9 Å². The SMILES string of the molecule is CCNC(=NCc1ccc(F)cc1)NCc1cc(F)cc2c1OCOC2.I. The summed E-state index contributed by atoms with van der Waals surface area (Å²) in [4.78, 5) is 4.48. The highest BCUT2D eigenvalue weighted by Gasteiger charge is 2.17. The number of hydrogen-bond acceptors (Lipinski definition) is 3. The van der Waals surface area contributed by atoms with Gasteiger partial charge in [0.25, 0.3) is 0 Å². The Morgan fingerprint density at radius 3 is 2.63 bits per heavy atom. The summed E-state index contributed by atoms with van der Waals surface area (Å²) in [6.45, 7) is 3.89. The minimum atomic E-state index is -0.331. The Kier molecular flexibility index (Phi) is 8.23. The van der Waals surface area contributed by atoms with Gasteiger partial charge in [-0.3, -0.25) is 0 Å². The summed E-state index contributed by atoms with van der Waals surface area (Å²) in [5.74, 6) is 0.631. The quantitative estimate of drug-likeness (QED) is 0.382. The van der Waals surface area contributed by atoms with E-state index in [9.17, 15) is 8.78 Å². The highest BCUT2D eigenvalue weighted by Crippen LogP contribution is 2.29. The van der Waals surface area contributed by atoms with E-state index in [1.807, 2.05) is 6.92 Å². The van der Waals surface area contributed by atoms with E-state index in [0.717, 1.165) is 5.56 Å². The van der Waals surface area contributed by atoms with Crippen LogP contribution >= 0.6 is 24.0 Å². The van der Waals surface area contributed by atoms with Crippen molar-refractivity contribution in [2.75, 3.05) is 13.3 Å². The third-order valence-corrected chi connectivity index (χ3v) is 3.88. The number of benzene rings is 2. The molecule has 0 aromatic heterocycles. The molecule has 27 heavy (non-hydrogen) atoms. The second kappa shape index (κ2) is 10.4. The molecule has 1 aliphatic heterocycles. The lowest BCUT2D eigenvalue weighted by atomic mass is 10.1. The van der Waals surface area contributed by atoms with E-state index in [1.54, 1.807) is 12.1 Å². The van der Waals surface area contributed by atoms with Crippen LogP contribution in [-0.2, 0) is 24.4 Å². The van der Waals surface area contributed by atoms with Gasteiger partial charge < -0.3 is 20.1 Å². The van der Waals surface area contributed by atoms with Crippen LogP contribution in [0.3, 0.4) is 0 Å². The minimum absolute atomic E-state index is 0. The Hall–Kier alpha value is -1.94. The van der Waals surface area contributed by atoms with Crippen LogP contribution < -0.4 is 15.4 Å². The fourth-order valence-electron chi connectivity index (χ4n) is 2.67. The predicted molar refractivity (Wildman–Crippen MR) is 110 cm³/mol. The van der Waals surface area contributed by atoms with Gasteiger partial charge in [-0.25, -0.2) is 13.8 Å². The minimum Gasteiger partial charge on any atom is -0.467 e. The third-order valence-electron chi connectivity index (χ3n) is 3.88. The Balaban J connectivity index is 0.00000261. The molecule has 3 rings (SSSR count). The predicted octanol–water partition coefficient (Wildman–Crippen LogP) is 3.70. The standard InChI is InChI=1S/C19H21F2N3O2.HI/c1-2-22-19(23-9-13-3-5-16(20)6-4-13)24-10-14-7-17(21)8-15-11-25-12-26-18(14)15;/h3-8H,2,9-12H2,1H3,(H2,22,23,24);1H. The number of nitrogens with one attached hydrogen (secondary N) is 2.